The van der Waals surface area contributed by atoms with Gasteiger partial charge in [-0.15, -0.1) is 11.3 Å². The van der Waals surface area contributed by atoms with E-state index in [2.05, 4.69) is 5.32 Å². The number of thiophene rings is 1. The maximum Gasteiger partial charge on any atom is 0.417 e. The zero-order valence-electron chi connectivity index (χ0n) is 14.3. The molecule has 0 spiro atoms. The first-order valence-corrected chi connectivity index (χ1v) is 8.95. The van der Waals surface area contributed by atoms with Crippen LogP contribution in [-0.2, 0) is 6.18 Å². The van der Waals surface area contributed by atoms with Gasteiger partial charge < -0.3 is 10.4 Å². The van der Waals surface area contributed by atoms with E-state index >= 15 is 0 Å². The lowest BCUT2D eigenvalue weighted by atomic mass is 10.0. The zero-order valence-corrected chi connectivity index (χ0v) is 15.1. The Hall–Kier alpha value is -3.13. The predicted octanol–water partition coefficient (Wildman–Crippen LogP) is 5.43. The Labute approximate surface area is 162 Å². The van der Waals surface area contributed by atoms with E-state index in [1.54, 1.807) is 18.2 Å². The molecule has 0 atom stereocenters. The molecule has 0 aliphatic rings. The van der Waals surface area contributed by atoms with E-state index in [1.165, 1.54) is 12.1 Å². The fraction of sp³-hybridized carbons (Fsp3) is 0.100. The lowest BCUT2D eigenvalue weighted by Gasteiger charge is -2.12. The molecule has 1 heterocycles. The zero-order chi connectivity index (χ0) is 20.3. The van der Waals surface area contributed by atoms with Crippen molar-refractivity contribution >= 4 is 28.8 Å². The summed E-state index contributed by atoms with van der Waals surface area (Å²) >= 11 is 1.02. The van der Waals surface area contributed by atoms with Crippen LogP contribution in [0, 0.1) is 0 Å². The average molecular weight is 405 g/mol. The van der Waals surface area contributed by atoms with Gasteiger partial charge >= 0.3 is 12.1 Å². The Balaban J connectivity index is 1.84. The van der Waals surface area contributed by atoms with Crippen molar-refractivity contribution in [2.24, 2.45) is 0 Å². The number of aromatic carboxylic acids is 1. The Kier molecular flexibility index (Phi) is 5.51. The van der Waals surface area contributed by atoms with Gasteiger partial charge in [-0.3, -0.25) is 4.79 Å². The van der Waals surface area contributed by atoms with Gasteiger partial charge in [0.15, 0.2) is 5.78 Å². The number of Topliss-reactive ketones (excluding diaryl/α,β-unsaturated/α-hetero) is 1. The fourth-order valence-corrected chi connectivity index (χ4v) is 3.65. The Morgan fingerprint density at radius 3 is 2.29 bits per heavy atom. The fourth-order valence-electron chi connectivity index (χ4n) is 2.67. The first-order chi connectivity index (χ1) is 13.3. The third-order valence-corrected chi connectivity index (χ3v) is 5.13. The van der Waals surface area contributed by atoms with Crippen molar-refractivity contribution in [1.29, 1.82) is 0 Å². The van der Waals surface area contributed by atoms with E-state index in [0.29, 0.717) is 4.88 Å². The van der Waals surface area contributed by atoms with Crippen molar-refractivity contribution in [1.82, 2.24) is 0 Å². The molecule has 3 rings (SSSR count). The number of halogens is 3. The molecule has 0 aliphatic carbocycles. The van der Waals surface area contributed by atoms with E-state index in [9.17, 15) is 27.9 Å². The second-order valence-electron chi connectivity index (χ2n) is 5.84. The van der Waals surface area contributed by atoms with Crippen molar-refractivity contribution < 1.29 is 27.9 Å². The molecular weight excluding hydrogens is 391 g/mol. The first kappa shape index (κ1) is 19.6. The summed E-state index contributed by atoms with van der Waals surface area (Å²) in [5.74, 6) is -1.96. The number of hydrogen-bond acceptors (Lipinski definition) is 4. The second-order valence-corrected chi connectivity index (χ2v) is 6.90. The molecule has 0 saturated carbocycles. The highest BCUT2D eigenvalue weighted by Crippen LogP contribution is 2.35. The van der Waals surface area contributed by atoms with Gasteiger partial charge in [-0.1, -0.05) is 48.5 Å². The van der Waals surface area contributed by atoms with Gasteiger partial charge in [-0.05, 0) is 17.7 Å². The molecule has 1 aromatic heterocycles. The van der Waals surface area contributed by atoms with Crippen molar-refractivity contribution in [2.75, 3.05) is 11.9 Å². The van der Waals surface area contributed by atoms with Gasteiger partial charge in [0, 0.05) is 10.4 Å². The van der Waals surface area contributed by atoms with Gasteiger partial charge in [-0.2, -0.15) is 13.2 Å². The number of carboxylic acids is 1. The molecule has 144 valence electrons. The number of anilines is 1. The smallest absolute Gasteiger partial charge is 0.417 e. The third kappa shape index (κ3) is 4.23. The Bertz CT molecular complexity index is 1010. The molecule has 0 radical (unpaired) electrons. The topological polar surface area (TPSA) is 66.4 Å². The number of alkyl halides is 3. The van der Waals surface area contributed by atoms with Crippen LogP contribution in [0.5, 0.6) is 0 Å². The maximum absolute atomic E-state index is 13.1. The summed E-state index contributed by atoms with van der Waals surface area (Å²) in [7, 11) is 0. The summed E-state index contributed by atoms with van der Waals surface area (Å²) in [6.45, 7) is -0.460. The second kappa shape index (κ2) is 7.85. The van der Waals surface area contributed by atoms with Crippen LogP contribution in [0.2, 0.25) is 0 Å². The predicted molar refractivity (Wildman–Crippen MR) is 101 cm³/mol. The van der Waals surface area contributed by atoms with E-state index in [-0.39, 0.29) is 10.6 Å². The van der Waals surface area contributed by atoms with E-state index in [0.717, 1.165) is 29.0 Å². The number of rotatable bonds is 6. The van der Waals surface area contributed by atoms with Crippen LogP contribution in [0.15, 0.2) is 60.7 Å². The highest BCUT2D eigenvalue weighted by Gasteiger charge is 2.34. The van der Waals surface area contributed by atoms with Gasteiger partial charge in [-0.25, -0.2) is 4.79 Å². The van der Waals surface area contributed by atoms with Gasteiger partial charge in [0.2, 0.25) is 0 Å². The van der Waals surface area contributed by atoms with Crippen molar-refractivity contribution in [3.8, 4) is 10.4 Å². The SMILES string of the molecule is O=C(CNc1cc(-c2ccccc2)sc1C(=O)O)c1ccccc1C(F)(F)F. The third-order valence-electron chi connectivity index (χ3n) is 3.96. The Morgan fingerprint density at radius 2 is 1.64 bits per heavy atom. The van der Waals surface area contributed by atoms with Crippen LogP contribution < -0.4 is 5.32 Å². The molecule has 8 heteroatoms. The van der Waals surface area contributed by atoms with Gasteiger partial charge in [0.25, 0.3) is 0 Å². The number of carboxylic acid groups (broad SMARTS) is 1. The molecule has 0 saturated heterocycles. The monoisotopic (exact) mass is 405 g/mol. The lowest BCUT2D eigenvalue weighted by molar-refractivity contribution is -0.137. The average Bonchev–Trinajstić information content (AvgIpc) is 3.11. The number of ketones is 1. The highest BCUT2D eigenvalue weighted by atomic mass is 32.1. The summed E-state index contributed by atoms with van der Waals surface area (Å²) in [5, 5.41) is 12.1. The minimum Gasteiger partial charge on any atom is -0.477 e. The molecule has 2 N–H and O–H groups in total. The summed E-state index contributed by atoms with van der Waals surface area (Å²) in [4.78, 5) is 24.5. The number of nitrogens with one attached hydrogen (secondary N) is 1. The highest BCUT2D eigenvalue weighted by molar-refractivity contribution is 7.18. The van der Waals surface area contributed by atoms with Crippen LogP contribution in [-0.4, -0.2) is 23.4 Å². The van der Waals surface area contributed by atoms with E-state index in [4.69, 9.17) is 0 Å². The largest absolute Gasteiger partial charge is 0.477 e. The minimum atomic E-state index is -4.65. The van der Waals surface area contributed by atoms with Crippen molar-refractivity contribution in [3.63, 3.8) is 0 Å². The molecule has 0 amide bonds. The molecule has 3 aromatic rings. The number of benzene rings is 2. The summed E-state index contributed by atoms with van der Waals surface area (Å²) in [6, 6.07) is 15.1. The molecule has 2 aromatic carbocycles. The normalized spacial score (nSPS) is 11.2. The summed E-state index contributed by atoms with van der Waals surface area (Å²) < 4.78 is 39.3. The van der Waals surface area contributed by atoms with E-state index in [1.807, 2.05) is 18.2 Å². The molecule has 0 bridgehead atoms. The summed E-state index contributed by atoms with van der Waals surface area (Å²) in [5.41, 5.74) is -0.487. The van der Waals surface area contributed by atoms with E-state index < -0.39 is 35.6 Å². The Morgan fingerprint density at radius 1 is 1.00 bits per heavy atom. The number of hydrogen-bond donors (Lipinski definition) is 2. The molecular formula is C20H14F3NO3S. The molecule has 0 aliphatic heterocycles. The van der Waals surface area contributed by atoms with Gasteiger partial charge in [0.1, 0.15) is 4.88 Å². The standard InChI is InChI=1S/C20H14F3NO3S/c21-20(22,23)14-9-5-4-8-13(14)16(25)11-24-15-10-17(28-18(15)19(26)27)12-6-2-1-3-7-12/h1-10,24H,11H2,(H,26,27). The first-order valence-electron chi connectivity index (χ1n) is 8.13. The number of carbonyl (C=O) groups excluding carboxylic acids is 1. The molecule has 4 nitrogen and oxygen atoms in total. The van der Waals surface area contributed by atoms with Gasteiger partial charge in [0.05, 0.1) is 17.8 Å². The van der Waals surface area contributed by atoms with Crippen LogP contribution in [0.1, 0.15) is 25.6 Å². The van der Waals surface area contributed by atoms with Crippen molar-refractivity contribution in [3.05, 3.63) is 76.7 Å². The van der Waals surface area contributed by atoms with Crippen LogP contribution in [0.25, 0.3) is 10.4 Å². The minimum absolute atomic E-state index is 0.0178. The molecule has 0 unspecified atom stereocenters. The van der Waals surface area contributed by atoms with Crippen LogP contribution >= 0.6 is 11.3 Å². The lowest BCUT2D eigenvalue weighted by Crippen LogP contribution is -2.19. The maximum atomic E-state index is 13.1. The number of carbonyl (C=O) groups is 2. The van der Waals surface area contributed by atoms with Crippen molar-refractivity contribution in [2.45, 2.75) is 6.18 Å². The van der Waals surface area contributed by atoms with Crippen LogP contribution in [0.3, 0.4) is 0 Å². The quantitative estimate of drug-likeness (QED) is 0.537. The molecule has 0 fully saturated rings. The summed E-state index contributed by atoms with van der Waals surface area (Å²) in [6.07, 6.45) is -4.65. The molecule has 28 heavy (non-hydrogen) atoms. The van der Waals surface area contributed by atoms with Crippen LogP contribution in [0.4, 0.5) is 18.9 Å².